The molecule has 1 saturated heterocycles. The van der Waals surface area contributed by atoms with Gasteiger partial charge in [-0.3, -0.25) is 10.2 Å². The maximum Gasteiger partial charge on any atom is 0.243 e. The largest absolute Gasteiger partial charge is 0.379 e. The highest BCUT2D eigenvalue weighted by Crippen LogP contribution is 2.31. The van der Waals surface area contributed by atoms with Gasteiger partial charge in [0.2, 0.25) is 10.0 Å². The van der Waals surface area contributed by atoms with Crippen LogP contribution in [0.2, 0.25) is 0 Å². The van der Waals surface area contributed by atoms with E-state index in [-0.39, 0.29) is 21.2 Å². The number of ketones is 1. The van der Waals surface area contributed by atoms with E-state index >= 15 is 0 Å². The first-order chi connectivity index (χ1) is 13.7. The fourth-order valence-electron chi connectivity index (χ4n) is 3.52. The molecule has 1 aromatic carbocycles. The molecular formula is C19H26N4O4S2. The summed E-state index contributed by atoms with van der Waals surface area (Å²) in [5.74, 6) is 0.178. The highest BCUT2D eigenvalue weighted by atomic mass is 32.2. The van der Waals surface area contributed by atoms with Gasteiger partial charge < -0.3 is 10.1 Å². The lowest BCUT2D eigenvalue weighted by Gasteiger charge is -2.29. The van der Waals surface area contributed by atoms with Crippen LogP contribution in [0, 0.1) is 5.41 Å². The minimum atomic E-state index is -3.53. The van der Waals surface area contributed by atoms with Gasteiger partial charge in [0.1, 0.15) is 5.78 Å². The number of carbonyl (C=O) groups is 1. The van der Waals surface area contributed by atoms with Crippen molar-refractivity contribution < 1.29 is 17.9 Å². The van der Waals surface area contributed by atoms with Crippen molar-refractivity contribution in [1.29, 1.82) is 0 Å². The Bertz CT molecular complexity index is 905. The number of benzene rings is 1. The van der Waals surface area contributed by atoms with Gasteiger partial charge in [-0.05, 0) is 48.3 Å². The second kappa shape index (κ2) is 8.86. The molecule has 0 spiro atoms. The van der Waals surface area contributed by atoms with E-state index in [4.69, 9.17) is 17.0 Å². The minimum absolute atomic E-state index is 0.0906. The zero-order valence-corrected chi connectivity index (χ0v) is 18.2. The average molecular weight is 439 g/mol. The Morgan fingerprint density at radius 3 is 2.45 bits per heavy atom. The highest BCUT2D eigenvalue weighted by Gasteiger charge is 2.30. The molecule has 8 nitrogen and oxygen atoms in total. The van der Waals surface area contributed by atoms with E-state index in [1.165, 1.54) is 4.31 Å². The van der Waals surface area contributed by atoms with Gasteiger partial charge >= 0.3 is 0 Å². The molecule has 0 radical (unpaired) electrons. The summed E-state index contributed by atoms with van der Waals surface area (Å²) >= 11 is 5.25. The van der Waals surface area contributed by atoms with Gasteiger partial charge in [-0.15, -0.1) is 0 Å². The van der Waals surface area contributed by atoms with Crippen LogP contribution in [-0.4, -0.2) is 55.6 Å². The smallest absolute Gasteiger partial charge is 0.243 e. The van der Waals surface area contributed by atoms with Gasteiger partial charge in [-0.1, -0.05) is 13.8 Å². The summed E-state index contributed by atoms with van der Waals surface area (Å²) in [6.45, 7) is 5.62. The number of anilines is 1. The number of thiocarbonyl (C=S) groups is 1. The van der Waals surface area contributed by atoms with Crippen molar-refractivity contribution >= 4 is 44.5 Å². The zero-order valence-electron chi connectivity index (χ0n) is 16.6. The van der Waals surface area contributed by atoms with Gasteiger partial charge in [0.25, 0.3) is 0 Å². The molecule has 0 amide bonds. The summed E-state index contributed by atoms with van der Waals surface area (Å²) in [7, 11) is -3.53. The fourth-order valence-corrected chi connectivity index (χ4v) is 5.09. The van der Waals surface area contributed by atoms with E-state index < -0.39 is 10.0 Å². The number of ether oxygens (including phenoxy) is 1. The van der Waals surface area contributed by atoms with E-state index in [0.29, 0.717) is 44.8 Å². The van der Waals surface area contributed by atoms with E-state index in [0.717, 1.165) is 12.1 Å². The van der Waals surface area contributed by atoms with Crippen molar-refractivity contribution in [2.45, 2.75) is 38.0 Å². The molecule has 10 heteroatoms. The van der Waals surface area contributed by atoms with Crippen molar-refractivity contribution in [1.82, 2.24) is 9.73 Å². The van der Waals surface area contributed by atoms with Crippen molar-refractivity contribution in [3.8, 4) is 0 Å². The lowest BCUT2D eigenvalue weighted by Crippen LogP contribution is -2.40. The van der Waals surface area contributed by atoms with Crippen molar-refractivity contribution in [2.24, 2.45) is 10.5 Å². The summed E-state index contributed by atoms with van der Waals surface area (Å²) in [5, 5.41) is 7.52. The number of nitrogens with one attached hydrogen (secondary N) is 2. The quantitative estimate of drug-likeness (QED) is 0.549. The predicted octanol–water partition coefficient (Wildman–Crippen LogP) is 2.13. The van der Waals surface area contributed by atoms with E-state index in [9.17, 15) is 13.2 Å². The monoisotopic (exact) mass is 438 g/mol. The molecule has 2 fully saturated rings. The number of Topliss-reactive ketones (excluding diaryl/α,β-unsaturated/α-hetero) is 1. The molecule has 0 atom stereocenters. The summed E-state index contributed by atoms with van der Waals surface area (Å²) in [4.78, 5) is 12.1. The third-order valence-corrected chi connectivity index (χ3v) is 6.90. The molecule has 2 N–H and O–H groups in total. The molecule has 1 saturated carbocycles. The number of rotatable bonds is 4. The molecule has 0 unspecified atom stereocenters. The molecule has 1 aromatic rings. The normalized spacial score (nSPS) is 21.7. The SMILES string of the molecule is CC1(C)CC(=O)C/C(=N\NC(=S)Nc2ccc(S(=O)(=O)N3CCOCC3)cc2)C1. The number of hydrazone groups is 1. The van der Waals surface area contributed by atoms with Crippen LogP contribution in [0.1, 0.15) is 33.1 Å². The summed E-state index contributed by atoms with van der Waals surface area (Å²) in [6.07, 6.45) is 1.64. The first kappa shape index (κ1) is 21.8. The van der Waals surface area contributed by atoms with Crippen LogP contribution in [-0.2, 0) is 19.6 Å². The molecule has 0 aromatic heterocycles. The van der Waals surface area contributed by atoms with Crippen molar-refractivity contribution in [2.75, 3.05) is 31.6 Å². The second-order valence-electron chi connectivity index (χ2n) is 8.02. The average Bonchev–Trinajstić information content (AvgIpc) is 2.66. The fraction of sp³-hybridized carbons (Fsp3) is 0.526. The standard InChI is InChI=1S/C19H26N4O4S2/c1-19(2)12-15(11-16(24)13-19)21-22-18(28)20-14-3-5-17(6-4-14)29(25,26)23-7-9-27-10-8-23/h3-6H,7-13H2,1-2H3,(H2,20,22,28)/b21-15+. The van der Waals surface area contributed by atoms with Gasteiger partial charge in [0, 0.05) is 37.3 Å². The maximum absolute atomic E-state index is 12.6. The number of hydrogen-bond donors (Lipinski definition) is 2. The summed E-state index contributed by atoms with van der Waals surface area (Å²) in [5.41, 5.74) is 4.10. The van der Waals surface area contributed by atoms with Gasteiger partial charge in [-0.25, -0.2) is 8.42 Å². The third-order valence-electron chi connectivity index (χ3n) is 4.80. The molecule has 29 heavy (non-hydrogen) atoms. The first-order valence-electron chi connectivity index (χ1n) is 9.48. The van der Waals surface area contributed by atoms with Crippen LogP contribution >= 0.6 is 12.2 Å². The van der Waals surface area contributed by atoms with Crippen LogP contribution in [0.3, 0.4) is 0 Å². The number of carbonyl (C=O) groups excluding carboxylic acids is 1. The van der Waals surface area contributed by atoms with Crippen molar-refractivity contribution in [3.63, 3.8) is 0 Å². The van der Waals surface area contributed by atoms with E-state index in [1.807, 2.05) is 13.8 Å². The zero-order chi connectivity index (χ0) is 21.1. The Balaban J connectivity index is 1.59. The second-order valence-corrected chi connectivity index (χ2v) is 10.4. The Hall–Kier alpha value is -1.88. The van der Waals surface area contributed by atoms with Crippen LogP contribution in [0.15, 0.2) is 34.3 Å². The topological polar surface area (TPSA) is 100 Å². The lowest BCUT2D eigenvalue weighted by molar-refractivity contribution is -0.120. The Labute approximate surface area is 176 Å². The number of morpholine rings is 1. The Morgan fingerprint density at radius 2 is 1.83 bits per heavy atom. The molecule has 1 aliphatic heterocycles. The molecule has 0 bridgehead atoms. The Kier molecular flexibility index (Phi) is 6.67. The predicted molar refractivity (Wildman–Crippen MR) is 115 cm³/mol. The Morgan fingerprint density at radius 1 is 1.17 bits per heavy atom. The van der Waals surface area contributed by atoms with E-state index in [2.05, 4.69) is 15.8 Å². The molecular weight excluding hydrogens is 412 g/mol. The molecule has 1 aliphatic carbocycles. The third kappa shape index (κ3) is 5.81. The van der Waals surface area contributed by atoms with Gasteiger partial charge in [0.15, 0.2) is 5.11 Å². The number of nitrogens with zero attached hydrogens (tertiary/aromatic N) is 2. The highest BCUT2D eigenvalue weighted by molar-refractivity contribution is 7.89. The molecule has 1 heterocycles. The molecule has 2 aliphatic rings. The van der Waals surface area contributed by atoms with Crippen LogP contribution < -0.4 is 10.7 Å². The van der Waals surface area contributed by atoms with Gasteiger partial charge in [-0.2, -0.15) is 9.41 Å². The van der Waals surface area contributed by atoms with Crippen LogP contribution in [0.4, 0.5) is 5.69 Å². The van der Waals surface area contributed by atoms with Crippen molar-refractivity contribution in [3.05, 3.63) is 24.3 Å². The lowest BCUT2D eigenvalue weighted by atomic mass is 9.76. The first-order valence-corrected chi connectivity index (χ1v) is 11.3. The minimum Gasteiger partial charge on any atom is -0.379 e. The van der Waals surface area contributed by atoms with Crippen LogP contribution in [0.5, 0.6) is 0 Å². The summed E-state index contributed by atoms with van der Waals surface area (Å²) in [6, 6.07) is 6.40. The number of hydrogen-bond acceptors (Lipinski definition) is 6. The van der Waals surface area contributed by atoms with E-state index in [1.54, 1.807) is 24.3 Å². The summed E-state index contributed by atoms with van der Waals surface area (Å²) < 4.78 is 31.9. The maximum atomic E-state index is 12.6. The molecule has 158 valence electrons. The molecule has 3 rings (SSSR count). The van der Waals surface area contributed by atoms with Crippen LogP contribution in [0.25, 0.3) is 0 Å². The number of sulfonamides is 1. The van der Waals surface area contributed by atoms with Gasteiger partial charge in [0.05, 0.1) is 18.1 Å².